The SMILES string of the molecule is COCCNc1cccc(CC(N[S@@+]([O-])C(C)C)c2ccccc2-c2noc3ccccc23)n1. The molecule has 4 aromatic rings. The molecule has 2 N–H and O–H groups in total. The number of nitrogens with one attached hydrogen (secondary N) is 2. The lowest BCUT2D eigenvalue weighted by molar-refractivity contribution is 0.210. The minimum absolute atomic E-state index is 0.0300. The molecule has 2 aromatic heterocycles. The molecular formula is C26H30N4O3S. The van der Waals surface area contributed by atoms with Crippen molar-refractivity contribution < 1.29 is 13.8 Å². The number of pyridine rings is 1. The van der Waals surface area contributed by atoms with Crippen molar-refractivity contribution in [2.45, 2.75) is 31.6 Å². The predicted molar refractivity (Wildman–Crippen MR) is 137 cm³/mol. The number of fused-ring (bicyclic) bond motifs is 1. The van der Waals surface area contributed by atoms with E-state index in [1.807, 2.05) is 74.5 Å². The van der Waals surface area contributed by atoms with E-state index in [-0.39, 0.29) is 11.3 Å². The third-order valence-corrected chi connectivity index (χ3v) is 6.86. The zero-order valence-electron chi connectivity index (χ0n) is 19.7. The van der Waals surface area contributed by atoms with Crippen molar-refractivity contribution >= 4 is 28.1 Å². The molecule has 0 bridgehead atoms. The van der Waals surface area contributed by atoms with Gasteiger partial charge >= 0.3 is 0 Å². The van der Waals surface area contributed by atoms with Crippen LogP contribution in [0.15, 0.2) is 71.3 Å². The second-order valence-corrected chi connectivity index (χ2v) is 10.0. The van der Waals surface area contributed by atoms with Crippen molar-refractivity contribution in [3.8, 4) is 11.3 Å². The first-order valence-electron chi connectivity index (χ1n) is 11.4. The van der Waals surface area contributed by atoms with Crippen LogP contribution < -0.4 is 10.0 Å². The van der Waals surface area contributed by atoms with Gasteiger partial charge in [0.1, 0.15) is 16.8 Å². The molecule has 0 saturated heterocycles. The predicted octanol–water partition coefficient (Wildman–Crippen LogP) is 4.89. The van der Waals surface area contributed by atoms with Gasteiger partial charge in [0.2, 0.25) is 0 Å². The summed E-state index contributed by atoms with van der Waals surface area (Å²) in [4.78, 5) is 4.76. The lowest BCUT2D eigenvalue weighted by Crippen LogP contribution is -2.35. The number of benzene rings is 2. The van der Waals surface area contributed by atoms with Crippen LogP contribution in [0.4, 0.5) is 5.82 Å². The summed E-state index contributed by atoms with van der Waals surface area (Å²) in [5.41, 5.74) is 4.34. The van der Waals surface area contributed by atoms with E-state index >= 15 is 0 Å². The third kappa shape index (κ3) is 5.77. The van der Waals surface area contributed by atoms with Crippen molar-refractivity contribution in [1.29, 1.82) is 0 Å². The number of ether oxygens (including phenoxy) is 1. The van der Waals surface area contributed by atoms with Crippen LogP contribution in [0.1, 0.15) is 31.1 Å². The third-order valence-electron chi connectivity index (χ3n) is 5.49. The Morgan fingerprint density at radius 2 is 1.82 bits per heavy atom. The standard InChI is InChI=1S/C26H30N4O3S/c1-18(2)34(31)30-23(17-19-9-8-14-25(28-19)27-15-16-32-3)20-10-4-5-11-21(20)26-22-12-6-7-13-24(22)33-29-26/h4-14,18,23,30H,15-17H2,1-3H3,(H,27,28)/t23?,34-/m0/s1. The smallest absolute Gasteiger partial charge is 0.167 e. The van der Waals surface area contributed by atoms with Gasteiger partial charge in [-0.05, 0) is 43.7 Å². The summed E-state index contributed by atoms with van der Waals surface area (Å²) in [6.45, 7) is 5.15. The number of para-hydroxylation sites is 1. The van der Waals surface area contributed by atoms with Crippen molar-refractivity contribution in [1.82, 2.24) is 14.9 Å². The van der Waals surface area contributed by atoms with E-state index in [4.69, 9.17) is 14.2 Å². The highest BCUT2D eigenvalue weighted by atomic mass is 32.2. The molecule has 0 aliphatic carbocycles. The Hall–Kier alpha value is -2.91. The Bertz CT molecular complexity index is 1210. The molecule has 0 saturated carbocycles. The van der Waals surface area contributed by atoms with Crippen molar-refractivity contribution in [3.63, 3.8) is 0 Å². The molecule has 0 aliphatic heterocycles. The normalized spacial score (nSPS) is 13.3. The summed E-state index contributed by atoms with van der Waals surface area (Å²) < 4.78 is 26.9. The van der Waals surface area contributed by atoms with Gasteiger partial charge in [-0.2, -0.15) is 0 Å². The van der Waals surface area contributed by atoms with E-state index in [2.05, 4.69) is 21.3 Å². The van der Waals surface area contributed by atoms with E-state index < -0.39 is 11.4 Å². The zero-order chi connectivity index (χ0) is 23.9. The van der Waals surface area contributed by atoms with E-state index in [9.17, 15) is 4.55 Å². The van der Waals surface area contributed by atoms with Gasteiger partial charge in [0.25, 0.3) is 0 Å². The molecule has 178 valence electrons. The maximum atomic E-state index is 12.9. The average Bonchev–Trinajstić information content (AvgIpc) is 3.28. The van der Waals surface area contributed by atoms with Gasteiger partial charge in [0, 0.05) is 48.1 Å². The Morgan fingerprint density at radius 1 is 1.03 bits per heavy atom. The van der Waals surface area contributed by atoms with E-state index in [0.717, 1.165) is 39.3 Å². The maximum Gasteiger partial charge on any atom is 0.167 e. The van der Waals surface area contributed by atoms with E-state index in [1.165, 1.54) is 0 Å². The first kappa shape index (κ1) is 24.2. The van der Waals surface area contributed by atoms with Gasteiger partial charge in [-0.1, -0.05) is 47.6 Å². The second-order valence-electron chi connectivity index (χ2n) is 8.27. The number of anilines is 1. The molecule has 7 nitrogen and oxygen atoms in total. The van der Waals surface area contributed by atoms with Crippen LogP contribution in [-0.4, -0.2) is 40.2 Å². The van der Waals surface area contributed by atoms with E-state index in [1.54, 1.807) is 7.11 Å². The molecule has 34 heavy (non-hydrogen) atoms. The first-order chi connectivity index (χ1) is 16.6. The molecule has 2 heterocycles. The number of methoxy groups -OCH3 is 1. The Kier molecular flexibility index (Phi) is 8.18. The van der Waals surface area contributed by atoms with Crippen LogP contribution in [0, 0.1) is 0 Å². The molecule has 0 fully saturated rings. The van der Waals surface area contributed by atoms with Gasteiger partial charge in [-0.15, -0.1) is 4.72 Å². The van der Waals surface area contributed by atoms with Crippen molar-refractivity contribution in [3.05, 3.63) is 78.0 Å². The monoisotopic (exact) mass is 478 g/mol. The Labute approximate surface area is 203 Å². The van der Waals surface area contributed by atoms with Crippen molar-refractivity contribution in [2.75, 3.05) is 25.6 Å². The quantitative estimate of drug-likeness (QED) is 0.234. The fourth-order valence-electron chi connectivity index (χ4n) is 3.77. The summed E-state index contributed by atoms with van der Waals surface area (Å²) in [6, 6.07) is 21.5. The van der Waals surface area contributed by atoms with Crippen LogP contribution in [0.2, 0.25) is 0 Å². The Morgan fingerprint density at radius 3 is 2.65 bits per heavy atom. The molecular weight excluding hydrogens is 448 g/mol. The van der Waals surface area contributed by atoms with Crippen LogP contribution in [0.5, 0.6) is 0 Å². The number of hydrogen-bond acceptors (Lipinski definition) is 7. The number of hydrogen-bond donors (Lipinski definition) is 2. The molecule has 1 unspecified atom stereocenters. The van der Waals surface area contributed by atoms with Crippen LogP contribution in [-0.2, 0) is 22.5 Å². The summed E-state index contributed by atoms with van der Waals surface area (Å²) >= 11 is -1.22. The average molecular weight is 479 g/mol. The minimum atomic E-state index is -1.22. The molecule has 0 aliphatic rings. The van der Waals surface area contributed by atoms with Gasteiger partial charge in [0.15, 0.2) is 5.58 Å². The highest BCUT2D eigenvalue weighted by Gasteiger charge is 2.26. The fourth-order valence-corrected chi connectivity index (χ4v) is 4.53. The molecule has 8 heteroatoms. The topological polar surface area (TPSA) is 95.3 Å². The molecule has 4 rings (SSSR count). The summed E-state index contributed by atoms with van der Waals surface area (Å²) in [5, 5.41) is 8.56. The molecule has 2 atom stereocenters. The maximum absolute atomic E-state index is 12.9. The lowest BCUT2D eigenvalue weighted by atomic mass is 9.94. The minimum Gasteiger partial charge on any atom is -0.598 e. The van der Waals surface area contributed by atoms with Crippen LogP contribution in [0.25, 0.3) is 22.2 Å². The zero-order valence-corrected chi connectivity index (χ0v) is 20.5. The number of aromatic nitrogens is 2. The number of rotatable bonds is 11. The van der Waals surface area contributed by atoms with Crippen LogP contribution >= 0.6 is 0 Å². The Balaban J connectivity index is 1.70. The molecule has 0 radical (unpaired) electrons. The fraction of sp³-hybridized carbons (Fsp3) is 0.308. The van der Waals surface area contributed by atoms with Gasteiger partial charge in [-0.25, -0.2) is 4.98 Å². The second kappa shape index (κ2) is 11.5. The van der Waals surface area contributed by atoms with Crippen LogP contribution in [0.3, 0.4) is 0 Å². The largest absolute Gasteiger partial charge is 0.598 e. The molecule has 0 spiro atoms. The van der Waals surface area contributed by atoms with Gasteiger partial charge in [0.05, 0.1) is 12.6 Å². The highest BCUT2D eigenvalue weighted by molar-refractivity contribution is 7.90. The summed E-state index contributed by atoms with van der Waals surface area (Å²) in [5.74, 6) is 0.786. The van der Waals surface area contributed by atoms with Gasteiger partial charge in [-0.3, -0.25) is 0 Å². The summed E-state index contributed by atoms with van der Waals surface area (Å²) in [6.07, 6.45) is 0.561. The lowest BCUT2D eigenvalue weighted by Gasteiger charge is -2.24. The molecule has 2 aromatic carbocycles. The van der Waals surface area contributed by atoms with Gasteiger partial charge < -0.3 is 19.1 Å². The van der Waals surface area contributed by atoms with Crippen molar-refractivity contribution in [2.24, 2.45) is 0 Å². The number of nitrogens with zero attached hydrogens (tertiary/aromatic N) is 2. The molecule has 0 amide bonds. The first-order valence-corrected chi connectivity index (χ1v) is 12.6. The highest BCUT2D eigenvalue weighted by Crippen LogP contribution is 2.34. The van der Waals surface area contributed by atoms with E-state index in [0.29, 0.717) is 19.6 Å². The summed E-state index contributed by atoms with van der Waals surface area (Å²) in [7, 11) is 1.67.